The van der Waals surface area contributed by atoms with Gasteiger partial charge in [0.1, 0.15) is 11.3 Å². The van der Waals surface area contributed by atoms with Crippen molar-refractivity contribution in [2.45, 2.75) is 159 Å². The van der Waals surface area contributed by atoms with Crippen LogP contribution in [0.15, 0.2) is 41.3 Å². The number of alkyl halides is 3. The molecule has 0 spiro atoms. The van der Waals surface area contributed by atoms with Gasteiger partial charge in [0, 0.05) is 17.4 Å². The molecule has 0 unspecified atom stereocenters. The number of nitrogens with two attached hydrogens (primary N) is 1. The van der Waals surface area contributed by atoms with Gasteiger partial charge < -0.3 is 9.47 Å². The van der Waals surface area contributed by atoms with Crippen LogP contribution in [0.4, 0.5) is 13.2 Å². The van der Waals surface area contributed by atoms with Crippen molar-refractivity contribution in [1.82, 2.24) is 4.98 Å². The van der Waals surface area contributed by atoms with Gasteiger partial charge in [0.2, 0.25) is 10.0 Å². The van der Waals surface area contributed by atoms with Crippen molar-refractivity contribution in [3.8, 4) is 5.75 Å². The summed E-state index contributed by atoms with van der Waals surface area (Å²) in [6.45, 7) is 3.39. The Kier molecular flexibility index (Phi) is 16.6. The molecule has 280 valence electrons. The van der Waals surface area contributed by atoms with E-state index in [4.69, 9.17) is 14.6 Å². The number of pyridine rings is 1. The minimum absolute atomic E-state index is 0.115. The zero-order chi connectivity index (χ0) is 35.8. The van der Waals surface area contributed by atoms with Crippen LogP contribution in [0.1, 0.15) is 147 Å². The van der Waals surface area contributed by atoms with Gasteiger partial charge in [-0.1, -0.05) is 109 Å². The van der Waals surface area contributed by atoms with Crippen molar-refractivity contribution in [1.29, 1.82) is 0 Å². The van der Waals surface area contributed by atoms with E-state index in [1.54, 1.807) is 12.1 Å². The monoisotopic (exact) mass is 720 g/mol. The van der Waals surface area contributed by atoms with Crippen LogP contribution >= 0.6 is 0 Å². The Labute approximate surface area is 298 Å². The summed E-state index contributed by atoms with van der Waals surface area (Å²) in [6, 6.07) is 8.45. The number of rotatable bonds is 23. The third-order valence-electron chi connectivity index (χ3n) is 10.2. The summed E-state index contributed by atoms with van der Waals surface area (Å²) in [5.74, 6) is 0.593. The molecule has 1 saturated carbocycles. The van der Waals surface area contributed by atoms with Gasteiger partial charge in [-0.2, -0.15) is 13.2 Å². The smallest absolute Gasteiger partial charge is 0.422 e. The normalized spacial score (nSPS) is 17.1. The van der Waals surface area contributed by atoms with E-state index in [1.807, 2.05) is 0 Å². The van der Waals surface area contributed by atoms with Gasteiger partial charge in [-0.05, 0) is 74.8 Å². The lowest BCUT2D eigenvalue weighted by atomic mass is 9.84. The average Bonchev–Trinajstić information content (AvgIpc) is 3.08. The highest BCUT2D eigenvalue weighted by atomic mass is 32.2. The van der Waals surface area contributed by atoms with Crippen LogP contribution in [-0.2, 0) is 20.9 Å². The standard InChI is InChI=1S/C40H59F3N2O4S/c1-2-3-4-5-6-10-13-16-27-48-34-23-19-31(20-24-34)18-15-12-9-7-8-11-14-17-28-49-37-26-22-33-29-32-21-25-35(50(44,46)47)30-36(32)45-39(33)38(37)40(41,42)43/h21-22,25-26,29-31,34H,2-20,23-24,27-28H2,1H3,(H2,44,46,47). The van der Waals surface area contributed by atoms with E-state index in [-0.39, 0.29) is 28.3 Å². The molecule has 0 saturated heterocycles. The number of nitrogens with zero attached hydrogens (tertiary/aromatic N) is 1. The molecule has 1 aliphatic rings. The van der Waals surface area contributed by atoms with Crippen molar-refractivity contribution in [3.63, 3.8) is 0 Å². The highest BCUT2D eigenvalue weighted by Crippen LogP contribution is 2.41. The van der Waals surface area contributed by atoms with E-state index in [9.17, 15) is 21.6 Å². The van der Waals surface area contributed by atoms with Crippen molar-refractivity contribution in [2.75, 3.05) is 13.2 Å². The second-order valence-corrected chi connectivity index (χ2v) is 15.9. The third kappa shape index (κ3) is 13.3. The summed E-state index contributed by atoms with van der Waals surface area (Å²) in [6.07, 6.45) is 21.6. The highest BCUT2D eigenvalue weighted by molar-refractivity contribution is 7.89. The van der Waals surface area contributed by atoms with E-state index < -0.39 is 21.8 Å². The predicted octanol–water partition coefficient (Wildman–Crippen LogP) is 11.7. The molecule has 2 N–H and O–H groups in total. The second kappa shape index (κ2) is 20.6. The molecule has 0 bridgehead atoms. The van der Waals surface area contributed by atoms with E-state index in [1.165, 1.54) is 133 Å². The van der Waals surface area contributed by atoms with Crippen molar-refractivity contribution < 1.29 is 31.1 Å². The van der Waals surface area contributed by atoms with Crippen molar-refractivity contribution in [2.24, 2.45) is 11.1 Å². The van der Waals surface area contributed by atoms with Gasteiger partial charge in [-0.25, -0.2) is 18.5 Å². The van der Waals surface area contributed by atoms with Crippen LogP contribution in [0.2, 0.25) is 0 Å². The number of sulfonamides is 1. The minimum Gasteiger partial charge on any atom is -0.493 e. The lowest BCUT2D eigenvalue weighted by Crippen LogP contribution is -2.22. The molecule has 6 nitrogen and oxygen atoms in total. The fourth-order valence-electron chi connectivity index (χ4n) is 7.28. The summed E-state index contributed by atoms with van der Waals surface area (Å²) >= 11 is 0. The molecular formula is C40H59F3N2O4S. The number of halogens is 3. The predicted molar refractivity (Wildman–Crippen MR) is 197 cm³/mol. The second-order valence-electron chi connectivity index (χ2n) is 14.4. The molecule has 1 heterocycles. The zero-order valence-electron chi connectivity index (χ0n) is 30.1. The van der Waals surface area contributed by atoms with Gasteiger partial charge in [0.05, 0.1) is 28.6 Å². The first-order valence-corrected chi connectivity index (χ1v) is 20.8. The average molecular weight is 721 g/mol. The van der Waals surface area contributed by atoms with Crippen LogP contribution in [-0.4, -0.2) is 32.7 Å². The fraction of sp³-hybridized carbons (Fsp3) is 0.675. The van der Waals surface area contributed by atoms with Gasteiger partial charge >= 0.3 is 6.18 Å². The Morgan fingerprint density at radius 1 is 0.740 bits per heavy atom. The van der Waals surface area contributed by atoms with Crippen LogP contribution in [0.3, 0.4) is 0 Å². The fourth-order valence-corrected chi connectivity index (χ4v) is 7.81. The lowest BCUT2D eigenvalue weighted by molar-refractivity contribution is -0.137. The number of benzene rings is 2. The topological polar surface area (TPSA) is 91.5 Å². The Balaban J connectivity index is 1.06. The van der Waals surface area contributed by atoms with Crippen LogP contribution in [0.25, 0.3) is 21.8 Å². The Bertz CT molecular complexity index is 1560. The molecule has 4 rings (SSSR count). The maximum atomic E-state index is 14.2. The Morgan fingerprint density at radius 2 is 1.32 bits per heavy atom. The molecule has 0 radical (unpaired) electrons. The van der Waals surface area contributed by atoms with Gasteiger partial charge in [0.15, 0.2) is 0 Å². The van der Waals surface area contributed by atoms with E-state index in [2.05, 4.69) is 11.9 Å². The van der Waals surface area contributed by atoms with Gasteiger partial charge in [-0.3, -0.25) is 0 Å². The number of unbranched alkanes of at least 4 members (excludes halogenated alkanes) is 14. The maximum Gasteiger partial charge on any atom is 0.422 e. The molecule has 1 aliphatic carbocycles. The van der Waals surface area contributed by atoms with Crippen LogP contribution in [0.5, 0.6) is 5.75 Å². The summed E-state index contributed by atoms with van der Waals surface area (Å²) < 4.78 is 78.1. The van der Waals surface area contributed by atoms with E-state index >= 15 is 0 Å². The number of aromatic nitrogens is 1. The summed E-state index contributed by atoms with van der Waals surface area (Å²) in [4.78, 5) is 4.00. The van der Waals surface area contributed by atoms with Gasteiger partial charge in [-0.15, -0.1) is 0 Å². The molecule has 1 aromatic heterocycles. The molecule has 1 fully saturated rings. The van der Waals surface area contributed by atoms with E-state index in [0.717, 1.165) is 31.8 Å². The highest BCUT2D eigenvalue weighted by Gasteiger charge is 2.37. The summed E-state index contributed by atoms with van der Waals surface area (Å²) in [5, 5.41) is 6.01. The number of fused-ring (bicyclic) bond motifs is 2. The number of hydrogen-bond acceptors (Lipinski definition) is 5. The molecule has 3 aromatic rings. The lowest BCUT2D eigenvalue weighted by Gasteiger charge is -2.28. The van der Waals surface area contributed by atoms with Gasteiger partial charge in [0.25, 0.3) is 0 Å². The van der Waals surface area contributed by atoms with Crippen LogP contribution in [0, 0.1) is 5.92 Å². The van der Waals surface area contributed by atoms with E-state index in [0.29, 0.717) is 23.3 Å². The first-order chi connectivity index (χ1) is 24.1. The number of hydrogen-bond donors (Lipinski definition) is 1. The zero-order valence-corrected chi connectivity index (χ0v) is 30.9. The van der Waals surface area contributed by atoms with Crippen LogP contribution < -0.4 is 9.88 Å². The quantitative estimate of drug-likeness (QED) is 0.0778. The number of primary sulfonamides is 1. The molecular weight excluding hydrogens is 662 g/mol. The maximum absolute atomic E-state index is 14.2. The van der Waals surface area contributed by atoms with Crippen molar-refractivity contribution >= 4 is 31.8 Å². The molecule has 50 heavy (non-hydrogen) atoms. The molecule has 0 aliphatic heterocycles. The first-order valence-electron chi connectivity index (χ1n) is 19.3. The molecule has 0 amide bonds. The van der Waals surface area contributed by atoms with Crippen molar-refractivity contribution in [3.05, 3.63) is 42.0 Å². The largest absolute Gasteiger partial charge is 0.493 e. The first kappa shape index (κ1) is 40.3. The SMILES string of the molecule is CCCCCCCCCCOC1CCC(CCCCCCCCCCOc2ccc3cc4ccc(S(N)(=O)=O)cc4nc3c2C(F)(F)F)CC1. The minimum atomic E-state index is -4.70. The Hall–Kier alpha value is -2.43. The summed E-state index contributed by atoms with van der Waals surface area (Å²) in [7, 11) is -4.03. The Morgan fingerprint density at radius 3 is 1.94 bits per heavy atom. The molecule has 10 heteroatoms. The third-order valence-corrected chi connectivity index (χ3v) is 11.1. The molecule has 0 atom stereocenters. The number of ether oxygens (including phenoxy) is 2. The molecule has 2 aromatic carbocycles. The summed E-state index contributed by atoms with van der Waals surface area (Å²) in [5.41, 5.74) is -1.11.